The van der Waals surface area contributed by atoms with Crippen molar-refractivity contribution in [3.8, 4) is 5.75 Å². The Kier molecular flexibility index (Phi) is 6.35. The standard InChI is InChI=1S/C22H32N4O3/c1-24-9-3-5-19(15-24)25-10-12-26(13-11-25)21(27)16-29-20-6-2-4-18(14-20)23-22(28)17-7-8-17/h2,4,6,14,17,19H,3,5,7-13,15-16H2,1H3,(H,23,28). The van der Waals surface area contributed by atoms with Crippen LogP contribution in [0.4, 0.5) is 5.69 Å². The lowest BCUT2D eigenvalue weighted by Gasteiger charge is -2.42. The zero-order valence-electron chi connectivity index (χ0n) is 17.3. The molecule has 29 heavy (non-hydrogen) atoms. The van der Waals surface area contributed by atoms with Gasteiger partial charge < -0.3 is 19.9 Å². The first-order valence-corrected chi connectivity index (χ1v) is 10.8. The Labute approximate surface area is 173 Å². The highest BCUT2D eigenvalue weighted by atomic mass is 16.5. The summed E-state index contributed by atoms with van der Waals surface area (Å²) in [6.07, 6.45) is 4.46. The van der Waals surface area contributed by atoms with Gasteiger partial charge in [0.25, 0.3) is 5.91 Å². The van der Waals surface area contributed by atoms with Gasteiger partial charge in [-0.3, -0.25) is 14.5 Å². The molecule has 1 atom stereocenters. The first-order chi connectivity index (χ1) is 14.1. The van der Waals surface area contributed by atoms with Crippen LogP contribution in [0, 0.1) is 5.92 Å². The Morgan fingerprint density at radius 3 is 2.62 bits per heavy atom. The number of benzene rings is 1. The second-order valence-corrected chi connectivity index (χ2v) is 8.56. The van der Waals surface area contributed by atoms with E-state index in [4.69, 9.17) is 4.74 Å². The van der Waals surface area contributed by atoms with Gasteiger partial charge in [-0.05, 0) is 51.4 Å². The Hall–Kier alpha value is -2.12. The molecule has 7 heteroatoms. The lowest BCUT2D eigenvalue weighted by atomic mass is 10.0. The minimum Gasteiger partial charge on any atom is -0.484 e. The highest BCUT2D eigenvalue weighted by Gasteiger charge is 2.30. The summed E-state index contributed by atoms with van der Waals surface area (Å²) in [4.78, 5) is 31.3. The van der Waals surface area contributed by atoms with E-state index in [1.807, 2.05) is 23.1 Å². The fourth-order valence-corrected chi connectivity index (χ4v) is 4.26. The minimum atomic E-state index is 0.0258. The van der Waals surface area contributed by atoms with Crippen molar-refractivity contribution >= 4 is 17.5 Å². The zero-order chi connectivity index (χ0) is 20.2. The zero-order valence-corrected chi connectivity index (χ0v) is 17.3. The van der Waals surface area contributed by atoms with Crippen molar-refractivity contribution < 1.29 is 14.3 Å². The molecule has 7 nitrogen and oxygen atoms in total. The molecule has 0 aromatic heterocycles. The fourth-order valence-electron chi connectivity index (χ4n) is 4.26. The number of ether oxygens (including phenoxy) is 1. The first kappa shape index (κ1) is 20.2. The van der Waals surface area contributed by atoms with Gasteiger partial charge in [-0.25, -0.2) is 0 Å². The lowest BCUT2D eigenvalue weighted by Crippen LogP contribution is -2.56. The van der Waals surface area contributed by atoms with Crippen molar-refractivity contribution in [3.63, 3.8) is 0 Å². The van der Waals surface area contributed by atoms with Crippen LogP contribution in [0.5, 0.6) is 5.75 Å². The van der Waals surface area contributed by atoms with Gasteiger partial charge in [0.2, 0.25) is 5.91 Å². The molecule has 1 unspecified atom stereocenters. The predicted molar refractivity (Wildman–Crippen MR) is 112 cm³/mol. The number of nitrogens with zero attached hydrogens (tertiary/aromatic N) is 3. The average molecular weight is 401 g/mol. The molecular weight excluding hydrogens is 368 g/mol. The Balaban J connectivity index is 1.21. The number of hydrogen-bond acceptors (Lipinski definition) is 5. The monoisotopic (exact) mass is 400 g/mol. The van der Waals surface area contributed by atoms with Crippen molar-refractivity contribution in [3.05, 3.63) is 24.3 Å². The summed E-state index contributed by atoms with van der Waals surface area (Å²) in [5, 5.41) is 2.91. The molecule has 3 fully saturated rings. The smallest absolute Gasteiger partial charge is 0.260 e. The third-order valence-electron chi connectivity index (χ3n) is 6.19. The fraction of sp³-hybridized carbons (Fsp3) is 0.636. The van der Waals surface area contributed by atoms with E-state index in [2.05, 4.69) is 22.2 Å². The number of piperazine rings is 1. The van der Waals surface area contributed by atoms with Crippen LogP contribution in [-0.4, -0.2) is 85.5 Å². The van der Waals surface area contributed by atoms with Crippen LogP contribution in [0.15, 0.2) is 24.3 Å². The molecular formula is C22H32N4O3. The maximum atomic E-state index is 12.6. The number of nitrogens with one attached hydrogen (secondary N) is 1. The molecule has 1 aromatic carbocycles. The number of likely N-dealkylation sites (tertiary alicyclic amines) is 1. The van der Waals surface area contributed by atoms with Gasteiger partial charge in [-0.2, -0.15) is 0 Å². The molecule has 1 saturated carbocycles. The van der Waals surface area contributed by atoms with Crippen LogP contribution >= 0.6 is 0 Å². The molecule has 1 aromatic rings. The summed E-state index contributed by atoms with van der Waals surface area (Å²) in [6, 6.07) is 7.90. The van der Waals surface area contributed by atoms with Crippen LogP contribution in [0.2, 0.25) is 0 Å². The average Bonchev–Trinajstić information content (AvgIpc) is 3.58. The third-order valence-corrected chi connectivity index (χ3v) is 6.19. The SMILES string of the molecule is CN1CCCC(N2CCN(C(=O)COc3cccc(NC(=O)C4CC4)c3)CC2)C1. The van der Waals surface area contributed by atoms with E-state index in [1.54, 1.807) is 6.07 Å². The number of piperidine rings is 1. The maximum absolute atomic E-state index is 12.6. The highest BCUT2D eigenvalue weighted by Crippen LogP contribution is 2.30. The quantitative estimate of drug-likeness (QED) is 0.787. The van der Waals surface area contributed by atoms with E-state index in [1.165, 1.54) is 19.4 Å². The first-order valence-electron chi connectivity index (χ1n) is 10.8. The second-order valence-electron chi connectivity index (χ2n) is 8.56. The molecule has 1 aliphatic carbocycles. The summed E-state index contributed by atoms with van der Waals surface area (Å²) >= 11 is 0. The summed E-state index contributed by atoms with van der Waals surface area (Å²) in [5.41, 5.74) is 0.720. The van der Waals surface area contributed by atoms with E-state index in [-0.39, 0.29) is 24.3 Å². The van der Waals surface area contributed by atoms with Crippen LogP contribution in [0.1, 0.15) is 25.7 Å². The topological polar surface area (TPSA) is 65.1 Å². The Bertz CT molecular complexity index is 729. The summed E-state index contributed by atoms with van der Waals surface area (Å²) < 4.78 is 5.71. The molecule has 2 saturated heterocycles. The highest BCUT2D eigenvalue weighted by molar-refractivity contribution is 5.94. The molecule has 2 heterocycles. The molecule has 3 aliphatic rings. The molecule has 1 N–H and O–H groups in total. The van der Waals surface area contributed by atoms with E-state index >= 15 is 0 Å². The van der Waals surface area contributed by atoms with Crippen molar-refractivity contribution in [2.75, 3.05) is 58.2 Å². The van der Waals surface area contributed by atoms with Gasteiger partial charge in [-0.1, -0.05) is 6.07 Å². The molecule has 0 spiro atoms. The van der Waals surface area contributed by atoms with E-state index in [0.29, 0.717) is 11.8 Å². The van der Waals surface area contributed by atoms with Gasteiger partial charge in [0.15, 0.2) is 6.61 Å². The molecule has 2 amide bonds. The summed E-state index contributed by atoms with van der Waals surface area (Å²) in [7, 11) is 2.19. The van der Waals surface area contributed by atoms with Gasteiger partial charge in [0.05, 0.1) is 0 Å². The second kappa shape index (κ2) is 9.13. The Morgan fingerprint density at radius 2 is 1.90 bits per heavy atom. The number of carbonyl (C=O) groups is 2. The van der Waals surface area contributed by atoms with Crippen LogP contribution < -0.4 is 10.1 Å². The molecule has 158 valence electrons. The number of anilines is 1. The number of amides is 2. The summed E-state index contributed by atoms with van der Waals surface area (Å²) in [5.74, 6) is 0.864. The molecule has 0 radical (unpaired) electrons. The van der Waals surface area contributed by atoms with E-state index in [0.717, 1.165) is 51.3 Å². The van der Waals surface area contributed by atoms with Crippen molar-refractivity contribution in [1.82, 2.24) is 14.7 Å². The number of rotatable bonds is 6. The largest absolute Gasteiger partial charge is 0.484 e. The van der Waals surface area contributed by atoms with Crippen molar-refractivity contribution in [2.24, 2.45) is 5.92 Å². The molecule has 2 aliphatic heterocycles. The van der Waals surface area contributed by atoms with Crippen LogP contribution in [0.3, 0.4) is 0 Å². The van der Waals surface area contributed by atoms with Crippen LogP contribution in [-0.2, 0) is 9.59 Å². The van der Waals surface area contributed by atoms with E-state index < -0.39 is 0 Å². The predicted octanol–water partition coefficient (Wildman–Crippen LogP) is 1.65. The number of likely N-dealkylation sites (N-methyl/N-ethyl adjacent to an activating group) is 1. The van der Waals surface area contributed by atoms with E-state index in [9.17, 15) is 9.59 Å². The summed E-state index contributed by atoms with van der Waals surface area (Å²) in [6.45, 7) is 5.76. The number of hydrogen-bond donors (Lipinski definition) is 1. The van der Waals surface area contributed by atoms with Crippen molar-refractivity contribution in [1.29, 1.82) is 0 Å². The van der Waals surface area contributed by atoms with Gasteiger partial charge in [0.1, 0.15) is 5.75 Å². The molecule has 0 bridgehead atoms. The Morgan fingerprint density at radius 1 is 1.10 bits per heavy atom. The normalized spacial score (nSPS) is 23.6. The lowest BCUT2D eigenvalue weighted by molar-refractivity contribution is -0.135. The van der Waals surface area contributed by atoms with Crippen molar-refractivity contribution in [2.45, 2.75) is 31.7 Å². The maximum Gasteiger partial charge on any atom is 0.260 e. The van der Waals surface area contributed by atoms with Gasteiger partial charge >= 0.3 is 0 Å². The van der Waals surface area contributed by atoms with Gasteiger partial charge in [-0.15, -0.1) is 0 Å². The number of carbonyl (C=O) groups excluding carboxylic acids is 2. The third kappa shape index (κ3) is 5.48. The van der Waals surface area contributed by atoms with Gasteiger partial charge in [0, 0.05) is 56.4 Å². The molecule has 4 rings (SSSR count). The minimum absolute atomic E-state index is 0.0258. The van der Waals surface area contributed by atoms with Crippen LogP contribution in [0.25, 0.3) is 0 Å².